The van der Waals surface area contributed by atoms with E-state index in [9.17, 15) is 14.4 Å². The standard InChI is InChI=1S/C19H30N4O6/c1-11(28-18(26)14(21)4-2-3-9-20)16(23)19(27)29-13-7-5-12(6-8-13)10-15(22)17(24)25/h5-8,11,14-16H,2-4,9-10,20-23H2,1H3,(H,24,25)/t11-,14+,15+,16+/m1/s1. The minimum absolute atomic E-state index is 0.140. The Balaban J connectivity index is 2.54. The normalized spacial score (nSPS) is 15.1. The van der Waals surface area contributed by atoms with E-state index < -0.39 is 42.1 Å². The van der Waals surface area contributed by atoms with Crippen LogP contribution in [0.3, 0.4) is 0 Å². The van der Waals surface area contributed by atoms with E-state index in [1.165, 1.54) is 19.1 Å². The summed E-state index contributed by atoms with van der Waals surface area (Å²) in [6, 6.07) is 3.17. The van der Waals surface area contributed by atoms with E-state index in [4.69, 9.17) is 37.5 Å². The molecule has 4 atom stereocenters. The molecule has 0 aromatic heterocycles. The summed E-state index contributed by atoms with van der Waals surface area (Å²) in [4.78, 5) is 34.9. The van der Waals surface area contributed by atoms with Gasteiger partial charge in [0.05, 0.1) is 0 Å². The number of carbonyl (C=O) groups is 3. The van der Waals surface area contributed by atoms with Crippen molar-refractivity contribution in [2.45, 2.75) is 56.8 Å². The highest BCUT2D eigenvalue weighted by atomic mass is 16.6. The number of carbonyl (C=O) groups excluding carboxylic acids is 2. The van der Waals surface area contributed by atoms with E-state index >= 15 is 0 Å². The summed E-state index contributed by atoms with van der Waals surface area (Å²) in [5.74, 6) is -2.31. The van der Waals surface area contributed by atoms with Gasteiger partial charge in [0.25, 0.3) is 0 Å². The van der Waals surface area contributed by atoms with E-state index in [0.29, 0.717) is 24.9 Å². The number of esters is 2. The molecule has 9 N–H and O–H groups in total. The molecule has 1 aromatic rings. The first-order valence-electron chi connectivity index (χ1n) is 9.36. The van der Waals surface area contributed by atoms with Gasteiger partial charge in [0.2, 0.25) is 0 Å². The van der Waals surface area contributed by atoms with Gasteiger partial charge < -0.3 is 37.5 Å². The summed E-state index contributed by atoms with van der Waals surface area (Å²) in [5.41, 5.74) is 23.1. The van der Waals surface area contributed by atoms with Gasteiger partial charge in [0.1, 0.15) is 30.0 Å². The van der Waals surface area contributed by atoms with Crippen molar-refractivity contribution < 1.29 is 29.0 Å². The third-order valence-electron chi connectivity index (χ3n) is 4.27. The number of nitrogens with two attached hydrogens (primary N) is 4. The largest absolute Gasteiger partial charge is 0.480 e. The van der Waals surface area contributed by atoms with E-state index in [-0.39, 0.29) is 12.2 Å². The average Bonchev–Trinajstić information content (AvgIpc) is 2.68. The number of carboxylic acids is 1. The molecule has 10 heteroatoms. The van der Waals surface area contributed by atoms with Crippen molar-refractivity contribution in [1.29, 1.82) is 0 Å². The molecule has 0 heterocycles. The summed E-state index contributed by atoms with van der Waals surface area (Å²) in [7, 11) is 0. The van der Waals surface area contributed by atoms with E-state index in [0.717, 1.165) is 6.42 Å². The van der Waals surface area contributed by atoms with Crippen molar-refractivity contribution in [3.63, 3.8) is 0 Å². The van der Waals surface area contributed by atoms with E-state index in [2.05, 4.69) is 0 Å². The quantitative estimate of drug-likeness (QED) is 0.166. The van der Waals surface area contributed by atoms with Crippen LogP contribution >= 0.6 is 0 Å². The Bertz CT molecular complexity index is 682. The molecular weight excluding hydrogens is 380 g/mol. The van der Waals surface area contributed by atoms with Crippen LogP contribution in [0.15, 0.2) is 24.3 Å². The molecule has 0 unspecified atom stereocenters. The number of unbranched alkanes of at least 4 members (excludes halogenated alkanes) is 1. The topological polar surface area (TPSA) is 194 Å². The molecule has 0 saturated heterocycles. The van der Waals surface area contributed by atoms with Gasteiger partial charge in [-0.2, -0.15) is 0 Å². The zero-order valence-corrected chi connectivity index (χ0v) is 16.5. The second-order valence-corrected chi connectivity index (χ2v) is 6.77. The summed E-state index contributed by atoms with van der Waals surface area (Å²) < 4.78 is 10.3. The van der Waals surface area contributed by atoms with Gasteiger partial charge in [-0.05, 0) is 50.4 Å². The number of aliphatic carboxylic acids is 1. The second kappa shape index (κ2) is 12.1. The van der Waals surface area contributed by atoms with Crippen LogP contribution in [0.1, 0.15) is 31.7 Å². The Morgan fingerprint density at radius 2 is 1.62 bits per heavy atom. The molecule has 0 spiro atoms. The van der Waals surface area contributed by atoms with Gasteiger partial charge in [0.15, 0.2) is 0 Å². The molecule has 0 saturated carbocycles. The minimum atomic E-state index is -1.20. The SMILES string of the molecule is C[C@@H](OC(=O)[C@@H](N)CCCCN)[C@H](N)C(=O)Oc1ccc(C[C@H](N)C(=O)O)cc1. The predicted octanol–water partition coefficient (Wildman–Crippen LogP) is -0.738. The molecule has 0 fully saturated rings. The fraction of sp³-hybridized carbons (Fsp3) is 0.526. The van der Waals surface area contributed by atoms with Crippen molar-refractivity contribution in [2.75, 3.05) is 6.54 Å². The molecule has 1 rings (SSSR count). The molecule has 10 nitrogen and oxygen atoms in total. The Hall–Kier alpha value is -2.53. The fourth-order valence-corrected chi connectivity index (χ4v) is 2.38. The minimum Gasteiger partial charge on any atom is -0.480 e. The second-order valence-electron chi connectivity index (χ2n) is 6.77. The van der Waals surface area contributed by atoms with Crippen molar-refractivity contribution in [3.05, 3.63) is 29.8 Å². The van der Waals surface area contributed by atoms with Gasteiger partial charge >= 0.3 is 17.9 Å². The Kier molecular flexibility index (Phi) is 10.2. The summed E-state index contributed by atoms with van der Waals surface area (Å²) in [6.07, 6.45) is 1.09. The molecule has 0 bridgehead atoms. The number of carboxylic acid groups (broad SMARTS) is 1. The van der Waals surface area contributed by atoms with Crippen LogP contribution in [0.5, 0.6) is 5.75 Å². The predicted molar refractivity (Wildman–Crippen MR) is 106 cm³/mol. The lowest BCUT2D eigenvalue weighted by Gasteiger charge is -2.21. The van der Waals surface area contributed by atoms with Crippen LogP contribution < -0.4 is 27.7 Å². The highest BCUT2D eigenvalue weighted by molar-refractivity contribution is 5.80. The molecule has 0 aliphatic rings. The molecule has 0 aliphatic carbocycles. The number of hydrogen-bond acceptors (Lipinski definition) is 9. The van der Waals surface area contributed by atoms with Gasteiger partial charge in [-0.1, -0.05) is 18.6 Å². The van der Waals surface area contributed by atoms with Crippen LogP contribution in [-0.4, -0.2) is 53.8 Å². The Labute approximate surface area is 169 Å². The summed E-state index contributed by atoms with van der Waals surface area (Å²) in [5, 5.41) is 8.82. The maximum atomic E-state index is 12.2. The zero-order chi connectivity index (χ0) is 22.0. The third-order valence-corrected chi connectivity index (χ3v) is 4.27. The number of hydrogen-bond donors (Lipinski definition) is 5. The first kappa shape index (κ1) is 24.5. The number of ether oxygens (including phenoxy) is 2. The maximum absolute atomic E-state index is 12.2. The van der Waals surface area contributed by atoms with Gasteiger partial charge in [0, 0.05) is 0 Å². The summed E-state index contributed by atoms with van der Waals surface area (Å²) >= 11 is 0. The van der Waals surface area contributed by atoms with Gasteiger partial charge in [-0.25, -0.2) is 4.79 Å². The van der Waals surface area contributed by atoms with E-state index in [1.54, 1.807) is 12.1 Å². The lowest BCUT2D eigenvalue weighted by atomic mass is 10.1. The monoisotopic (exact) mass is 410 g/mol. The molecule has 1 aromatic carbocycles. The highest BCUT2D eigenvalue weighted by Crippen LogP contribution is 2.15. The maximum Gasteiger partial charge on any atom is 0.332 e. The van der Waals surface area contributed by atoms with Gasteiger partial charge in [-0.3, -0.25) is 9.59 Å². The Morgan fingerprint density at radius 3 is 2.17 bits per heavy atom. The first-order valence-corrected chi connectivity index (χ1v) is 9.36. The molecule has 162 valence electrons. The molecular formula is C19H30N4O6. The zero-order valence-electron chi connectivity index (χ0n) is 16.5. The lowest BCUT2D eigenvalue weighted by Crippen LogP contribution is -2.47. The molecule has 0 radical (unpaired) electrons. The van der Waals surface area contributed by atoms with Crippen molar-refractivity contribution in [3.8, 4) is 5.75 Å². The average molecular weight is 410 g/mol. The third kappa shape index (κ3) is 8.57. The van der Waals surface area contributed by atoms with Crippen LogP contribution in [0.2, 0.25) is 0 Å². The van der Waals surface area contributed by atoms with Crippen LogP contribution in [0.25, 0.3) is 0 Å². The Morgan fingerprint density at radius 1 is 1.00 bits per heavy atom. The van der Waals surface area contributed by atoms with Crippen LogP contribution in [0.4, 0.5) is 0 Å². The smallest absolute Gasteiger partial charge is 0.332 e. The summed E-state index contributed by atoms with van der Waals surface area (Å²) in [6.45, 7) is 2.00. The number of benzene rings is 1. The molecule has 0 amide bonds. The molecule has 0 aliphatic heterocycles. The van der Waals surface area contributed by atoms with Crippen LogP contribution in [0, 0.1) is 0 Å². The lowest BCUT2D eigenvalue weighted by molar-refractivity contribution is -0.154. The van der Waals surface area contributed by atoms with Gasteiger partial charge in [-0.15, -0.1) is 0 Å². The van der Waals surface area contributed by atoms with Crippen molar-refractivity contribution in [1.82, 2.24) is 0 Å². The highest BCUT2D eigenvalue weighted by Gasteiger charge is 2.28. The fourth-order valence-electron chi connectivity index (χ4n) is 2.38. The van der Waals surface area contributed by atoms with Crippen LogP contribution in [-0.2, 0) is 25.5 Å². The van der Waals surface area contributed by atoms with E-state index in [1.807, 2.05) is 0 Å². The molecule has 29 heavy (non-hydrogen) atoms. The first-order chi connectivity index (χ1) is 13.6. The van der Waals surface area contributed by atoms with Crippen molar-refractivity contribution >= 4 is 17.9 Å². The number of rotatable bonds is 12. The van der Waals surface area contributed by atoms with Crippen molar-refractivity contribution in [2.24, 2.45) is 22.9 Å².